The Bertz CT molecular complexity index is 962. The van der Waals surface area contributed by atoms with Crippen LogP contribution in [0.25, 0.3) is 10.9 Å². The molecule has 0 radical (unpaired) electrons. The van der Waals surface area contributed by atoms with Crippen molar-refractivity contribution in [1.82, 2.24) is 14.5 Å². The number of amides is 1. The molecule has 6 heteroatoms. The van der Waals surface area contributed by atoms with E-state index >= 15 is 0 Å². The Balaban J connectivity index is 1.63. The fourth-order valence-electron chi connectivity index (χ4n) is 4.64. The molecule has 1 saturated carbocycles. The van der Waals surface area contributed by atoms with E-state index in [-0.39, 0.29) is 11.5 Å². The number of rotatable bonds is 2. The third kappa shape index (κ3) is 3.00. The first kappa shape index (κ1) is 17.5. The van der Waals surface area contributed by atoms with Crippen LogP contribution < -0.4 is 5.56 Å². The van der Waals surface area contributed by atoms with Crippen LogP contribution in [-0.4, -0.2) is 33.4 Å². The van der Waals surface area contributed by atoms with Gasteiger partial charge in [0.1, 0.15) is 0 Å². The van der Waals surface area contributed by atoms with Gasteiger partial charge in [-0.3, -0.25) is 14.2 Å². The molecule has 1 aliphatic carbocycles. The molecule has 1 amide bonds. The van der Waals surface area contributed by atoms with Crippen molar-refractivity contribution in [2.75, 3.05) is 13.1 Å². The lowest BCUT2D eigenvalue weighted by Crippen LogP contribution is -2.44. The fourth-order valence-corrected chi connectivity index (χ4v) is 4.96. The van der Waals surface area contributed by atoms with Gasteiger partial charge in [0, 0.05) is 25.2 Å². The maximum atomic E-state index is 13.0. The van der Waals surface area contributed by atoms with Gasteiger partial charge in [-0.05, 0) is 62.0 Å². The molecule has 0 spiro atoms. The highest BCUT2D eigenvalue weighted by Crippen LogP contribution is 2.36. The Labute approximate surface area is 158 Å². The number of nitrogens with one attached hydrogen (secondary N) is 1. The van der Waals surface area contributed by atoms with Crippen molar-refractivity contribution in [3.63, 3.8) is 0 Å². The molecule has 1 saturated heterocycles. The van der Waals surface area contributed by atoms with Gasteiger partial charge in [-0.25, -0.2) is 0 Å². The minimum absolute atomic E-state index is 0.0647. The summed E-state index contributed by atoms with van der Waals surface area (Å²) in [6.07, 6.45) is 6.32. The van der Waals surface area contributed by atoms with Crippen molar-refractivity contribution >= 4 is 29.0 Å². The van der Waals surface area contributed by atoms with Crippen LogP contribution in [0.15, 0.2) is 23.0 Å². The van der Waals surface area contributed by atoms with Crippen molar-refractivity contribution in [2.24, 2.45) is 11.8 Å². The van der Waals surface area contributed by atoms with Crippen LogP contribution in [0.3, 0.4) is 0 Å². The molecule has 1 N–H and O–H groups in total. The van der Waals surface area contributed by atoms with Gasteiger partial charge < -0.3 is 9.88 Å². The molecule has 2 heterocycles. The normalized spacial score (nSPS) is 23.0. The number of aromatic nitrogens is 2. The number of H-pyrrole nitrogens is 1. The Hall–Kier alpha value is -1.95. The van der Waals surface area contributed by atoms with E-state index in [1.807, 2.05) is 11.8 Å². The molecule has 1 aliphatic heterocycles. The van der Waals surface area contributed by atoms with Crippen LogP contribution in [0.1, 0.15) is 49.4 Å². The Morgan fingerprint density at radius 2 is 2.00 bits per heavy atom. The quantitative estimate of drug-likeness (QED) is 0.819. The maximum Gasteiger partial charge on any atom is 0.262 e. The third-order valence-electron chi connectivity index (χ3n) is 6.12. The molecule has 2 fully saturated rings. The molecule has 1 aromatic heterocycles. The second-order valence-electron chi connectivity index (χ2n) is 7.58. The van der Waals surface area contributed by atoms with Gasteiger partial charge in [0.2, 0.25) is 0 Å². The monoisotopic (exact) mass is 371 g/mol. The van der Waals surface area contributed by atoms with Crippen molar-refractivity contribution in [3.05, 3.63) is 38.9 Å². The van der Waals surface area contributed by atoms with Crippen molar-refractivity contribution < 1.29 is 4.79 Å². The van der Waals surface area contributed by atoms with E-state index in [0.717, 1.165) is 25.4 Å². The summed E-state index contributed by atoms with van der Waals surface area (Å²) in [6, 6.07) is 5.30. The molecule has 0 bridgehead atoms. The highest BCUT2D eigenvalue weighted by atomic mass is 32.1. The highest BCUT2D eigenvalue weighted by Gasteiger charge is 2.33. The lowest BCUT2D eigenvalue weighted by atomic mass is 9.75. The van der Waals surface area contributed by atoms with Gasteiger partial charge in [0.05, 0.1) is 10.9 Å². The number of piperidine rings is 1. The van der Waals surface area contributed by atoms with Crippen molar-refractivity contribution in [2.45, 2.75) is 45.6 Å². The Morgan fingerprint density at radius 3 is 2.77 bits per heavy atom. The number of fused-ring (bicyclic) bond motifs is 2. The first-order chi connectivity index (χ1) is 12.6. The molecular weight excluding hydrogens is 346 g/mol. The maximum absolute atomic E-state index is 13.0. The summed E-state index contributed by atoms with van der Waals surface area (Å²) in [4.78, 5) is 30.6. The molecule has 4 rings (SSSR count). The van der Waals surface area contributed by atoms with E-state index in [1.165, 1.54) is 30.3 Å². The zero-order chi connectivity index (χ0) is 18.3. The predicted molar refractivity (Wildman–Crippen MR) is 105 cm³/mol. The number of benzene rings is 1. The minimum Gasteiger partial charge on any atom is -0.338 e. The zero-order valence-corrected chi connectivity index (χ0v) is 16.0. The molecule has 2 aliphatic rings. The summed E-state index contributed by atoms with van der Waals surface area (Å²) < 4.78 is 1.94. The molecular formula is C20H25N3O2S. The molecule has 2 aromatic rings. The van der Waals surface area contributed by atoms with E-state index in [4.69, 9.17) is 12.2 Å². The van der Waals surface area contributed by atoms with Crippen LogP contribution >= 0.6 is 12.2 Å². The lowest BCUT2D eigenvalue weighted by Gasteiger charge is -2.41. The smallest absolute Gasteiger partial charge is 0.262 e. The number of carbonyl (C=O) groups excluding carboxylic acids is 1. The van der Waals surface area contributed by atoms with Gasteiger partial charge >= 0.3 is 0 Å². The van der Waals surface area contributed by atoms with E-state index in [0.29, 0.717) is 33.7 Å². The second kappa shape index (κ2) is 6.99. The van der Waals surface area contributed by atoms with Gasteiger partial charge in [-0.15, -0.1) is 0 Å². The predicted octanol–water partition coefficient (Wildman–Crippen LogP) is 3.73. The van der Waals surface area contributed by atoms with Crippen LogP contribution in [0, 0.1) is 16.6 Å². The van der Waals surface area contributed by atoms with Crippen LogP contribution in [-0.2, 0) is 6.54 Å². The molecule has 1 aromatic carbocycles. The van der Waals surface area contributed by atoms with Gasteiger partial charge in [-0.1, -0.05) is 19.3 Å². The summed E-state index contributed by atoms with van der Waals surface area (Å²) in [5.41, 5.74) is 1.17. The van der Waals surface area contributed by atoms with Crippen LogP contribution in [0.4, 0.5) is 0 Å². The molecule has 5 nitrogen and oxygen atoms in total. The molecule has 2 atom stereocenters. The van der Waals surface area contributed by atoms with E-state index < -0.39 is 0 Å². The fraction of sp³-hybridized carbons (Fsp3) is 0.550. The lowest BCUT2D eigenvalue weighted by molar-refractivity contribution is 0.0521. The molecule has 26 heavy (non-hydrogen) atoms. The summed E-state index contributed by atoms with van der Waals surface area (Å²) in [7, 11) is 0. The van der Waals surface area contributed by atoms with Gasteiger partial charge in [-0.2, -0.15) is 0 Å². The summed E-state index contributed by atoms with van der Waals surface area (Å²) in [6.45, 7) is 4.13. The largest absolute Gasteiger partial charge is 0.338 e. The second-order valence-corrected chi connectivity index (χ2v) is 7.97. The first-order valence-corrected chi connectivity index (χ1v) is 10.1. The number of aromatic amines is 1. The Kier molecular flexibility index (Phi) is 4.69. The summed E-state index contributed by atoms with van der Waals surface area (Å²) >= 11 is 5.28. The average molecular weight is 372 g/mol. The number of carbonyl (C=O) groups is 1. The van der Waals surface area contributed by atoms with Crippen molar-refractivity contribution in [1.29, 1.82) is 0 Å². The third-order valence-corrected chi connectivity index (χ3v) is 6.45. The number of hydrogen-bond acceptors (Lipinski definition) is 3. The van der Waals surface area contributed by atoms with Crippen molar-refractivity contribution in [3.8, 4) is 0 Å². The highest BCUT2D eigenvalue weighted by molar-refractivity contribution is 7.71. The molecule has 138 valence electrons. The Morgan fingerprint density at radius 1 is 1.23 bits per heavy atom. The summed E-state index contributed by atoms with van der Waals surface area (Å²) in [5, 5.41) is 0.572. The minimum atomic E-state index is -0.103. The number of nitrogens with zero attached hydrogens (tertiary/aromatic N) is 2. The van der Waals surface area contributed by atoms with E-state index in [9.17, 15) is 9.59 Å². The van der Waals surface area contributed by atoms with E-state index in [2.05, 4.69) is 4.98 Å². The van der Waals surface area contributed by atoms with Gasteiger partial charge in [0.15, 0.2) is 4.77 Å². The summed E-state index contributed by atoms with van der Waals surface area (Å²) in [5.74, 6) is 1.52. The van der Waals surface area contributed by atoms with Crippen LogP contribution in [0.2, 0.25) is 0 Å². The topological polar surface area (TPSA) is 58.1 Å². The van der Waals surface area contributed by atoms with Gasteiger partial charge in [0.25, 0.3) is 11.5 Å². The average Bonchev–Trinajstić information content (AvgIpc) is 2.67. The van der Waals surface area contributed by atoms with Crippen LogP contribution in [0.5, 0.6) is 0 Å². The van der Waals surface area contributed by atoms with E-state index in [1.54, 1.807) is 18.2 Å². The first-order valence-electron chi connectivity index (χ1n) is 9.64. The molecule has 0 unspecified atom stereocenters. The SMILES string of the molecule is CCn1c(=S)[nH]c2cc(C(=O)N3CC[C@@H]4CCCC[C@@H]4C3)ccc2c1=O. The zero-order valence-electron chi connectivity index (χ0n) is 15.2. The number of hydrogen-bond donors (Lipinski definition) is 1. The number of likely N-dealkylation sites (tertiary alicyclic amines) is 1. The standard InChI is InChI=1S/C20H25N3O2S/c1-2-23-19(25)16-8-7-14(11-17(16)21-20(23)26)18(24)22-10-9-13-5-3-4-6-15(13)12-22/h7-8,11,13,15H,2-6,9-10,12H2,1H3,(H,21,26)/t13-,15+/m0/s1.